The second kappa shape index (κ2) is 22.5. The Bertz CT molecular complexity index is 340. The Hall–Kier alpha value is -0.730. The summed E-state index contributed by atoms with van der Waals surface area (Å²) in [6.45, 7) is 7.19. The molecule has 0 aromatic carbocycles. The summed E-state index contributed by atoms with van der Waals surface area (Å²) in [5, 5.41) is 8.98. The number of hydrogen-bond acceptors (Lipinski definition) is 2. The molecule has 0 unspecified atom stereocenters. The number of unbranched alkanes of at least 4 members (excludes halogenated alkanes) is 15. The Labute approximate surface area is 195 Å². The van der Waals surface area contributed by atoms with Crippen molar-refractivity contribution >= 4 is 6.16 Å². The number of hydrogen-bond donors (Lipinski definition) is 1. The molecule has 0 aliphatic carbocycles. The molecule has 0 fully saturated rings. The van der Waals surface area contributed by atoms with Crippen molar-refractivity contribution in [3.63, 3.8) is 0 Å². The minimum Gasteiger partial charge on any atom is -0.450 e. The molecule has 0 rings (SSSR count). The van der Waals surface area contributed by atoms with Crippen LogP contribution in [0.15, 0.2) is 0 Å². The topological polar surface area (TPSA) is 46.5 Å². The Morgan fingerprint density at radius 2 is 0.871 bits per heavy atom. The third-order valence-corrected chi connectivity index (χ3v) is 7.04. The number of carbonyl (C=O) groups is 1. The van der Waals surface area contributed by atoms with Crippen molar-refractivity contribution in [2.24, 2.45) is 5.41 Å². The van der Waals surface area contributed by atoms with E-state index in [0.717, 1.165) is 6.42 Å². The van der Waals surface area contributed by atoms with Crippen LogP contribution in [0.25, 0.3) is 0 Å². The van der Waals surface area contributed by atoms with Crippen LogP contribution in [0, 0.1) is 5.41 Å². The van der Waals surface area contributed by atoms with Crippen LogP contribution in [0.2, 0.25) is 0 Å². The van der Waals surface area contributed by atoms with Crippen LogP contribution in [0.4, 0.5) is 4.79 Å². The molecule has 0 heterocycles. The fourth-order valence-electron chi connectivity index (χ4n) is 4.95. The monoisotopic (exact) mass is 440 g/mol. The molecule has 186 valence electrons. The van der Waals surface area contributed by atoms with Crippen molar-refractivity contribution in [1.82, 2.24) is 0 Å². The van der Waals surface area contributed by atoms with Gasteiger partial charge in [-0.15, -0.1) is 0 Å². The van der Waals surface area contributed by atoms with Gasteiger partial charge in [0.15, 0.2) is 0 Å². The SMILES string of the molecule is CCCCCCCCC(CCCCCCCC)(CCCCCCCC)CCOC(=O)O. The maximum absolute atomic E-state index is 10.9. The van der Waals surface area contributed by atoms with Crippen LogP contribution < -0.4 is 0 Å². The summed E-state index contributed by atoms with van der Waals surface area (Å²) in [5.74, 6) is 0. The normalized spacial score (nSPS) is 11.7. The van der Waals surface area contributed by atoms with E-state index in [1.54, 1.807) is 0 Å². The van der Waals surface area contributed by atoms with E-state index in [4.69, 9.17) is 9.84 Å². The zero-order valence-corrected chi connectivity index (χ0v) is 21.5. The van der Waals surface area contributed by atoms with E-state index in [0.29, 0.717) is 6.61 Å². The molecule has 3 nitrogen and oxygen atoms in total. The van der Waals surface area contributed by atoms with Gasteiger partial charge in [-0.3, -0.25) is 0 Å². The summed E-state index contributed by atoms with van der Waals surface area (Å²) >= 11 is 0. The molecule has 0 saturated carbocycles. The number of ether oxygens (including phenoxy) is 1. The molecule has 0 aliphatic rings. The molecule has 0 aromatic rings. The lowest BCUT2D eigenvalue weighted by molar-refractivity contribution is 0.0663. The quantitative estimate of drug-likeness (QED) is 0.120. The second-order valence-corrected chi connectivity index (χ2v) is 9.92. The van der Waals surface area contributed by atoms with Crippen molar-refractivity contribution < 1.29 is 14.6 Å². The first-order valence-corrected chi connectivity index (χ1v) is 14.0. The maximum Gasteiger partial charge on any atom is 0.505 e. The number of rotatable bonds is 24. The predicted octanol–water partition coefficient (Wildman–Crippen LogP) is 10.3. The summed E-state index contributed by atoms with van der Waals surface area (Å²) in [7, 11) is 0. The van der Waals surface area contributed by atoms with Crippen molar-refractivity contribution in [3.8, 4) is 0 Å². The number of carboxylic acid groups (broad SMARTS) is 1. The maximum atomic E-state index is 10.9. The molecule has 0 spiro atoms. The summed E-state index contributed by atoms with van der Waals surface area (Å²) in [6, 6.07) is 0. The standard InChI is InChI=1S/C28H56O3/c1-4-7-10-13-16-19-22-28(25-26-31-27(29)30,23-20-17-14-11-8-5-2)24-21-18-15-12-9-6-3/h4-26H2,1-3H3,(H,29,30). The third kappa shape index (κ3) is 19.7. The largest absolute Gasteiger partial charge is 0.505 e. The zero-order valence-electron chi connectivity index (χ0n) is 21.5. The van der Waals surface area contributed by atoms with Crippen LogP contribution in [0.1, 0.15) is 162 Å². The molecular weight excluding hydrogens is 384 g/mol. The van der Waals surface area contributed by atoms with Gasteiger partial charge in [0.05, 0.1) is 6.61 Å². The molecule has 1 N–H and O–H groups in total. The van der Waals surface area contributed by atoms with Gasteiger partial charge in [0.25, 0.3) is 0 Å². The van der Waals surface area contributed by atoms with Crippen molar-refractivity contribution in [1.29, 1.82) is 0 Å². The van der Waals surface area contributed by atoms with Crippen LogP contribution in [-0.2, 0) is 4.74 Å². The van der Waals surface area contributed by atoms with Crippen LogP contribution in [-0.4, -0.2) is 17.9 Å². The molecule has 0 aliphatic heterocycles. The lowest BCUT2D eigenvalue weighted by Gasteiger charge is -2.34. The van der Waals surface area contributed by atoms with Gasteiger partial charge < -0.3 is 9.84 Å². The van der Waals surface area contributed by atoms with E-state index >= 15 is 0 Å². The van der Waals surface area contributed by atoms with Crippen LogP contribution in [0.5, 0.6) is 0 Å². The van der Waals surface area contributed by atoms with E-state index in [2.05, 4.69) is 20.8 Å². The van der Waals surface area contributed by atoms with Gasteiger partial charge >= 0.3 is 6.16 Å². The fraction of sp³-hybridized carbons (Fsp3) is 0.964. The average Bonchev–Trinajstić information content (AvgIpc) is 2.75. The summed E-state index contributed by atoms with van der Waals surface area (Å²) < 4.78 is 4.99. The smallest absolute Gasteiger partial charge is 0.450 e. The van der Waals surface area contributed by atoms with Gasteiger partial charge in [-0.05, 0) is 31.1 Å². The Balaban J connectivity index is 4.74. The van der Waals surface area contributed by atoms with Gasteiger partial charge in [-0.25, -0.2) is 4.79 Å². The van der Waals surface area contributed by atoms with E-state index in [1.807, 2.05) is 0 Å². The second-order valence-electron chi connectivity index (χ2n) is 9.92. The van der Waals surface area contributed by atoms with Gasteiger partial charge in [-0.2, -0.15) is 0 Å². The predicted molar refractivity (Wildman–Crippen MR) is 135 cm³/mol. The van der Waals surface area contributed by atoms with Crippen molar-refractivity contribution in [3.05, 3.63) is 0 Å². The molecule has 0 saturated heterocycles. The van der Waals surface area contributed by atoms with E-state index in [1.165, 1.54) is 135 Å². The highest BCUT2D eigenvalue weighted by Crippen LogP contribution is 2.40. The Morgan fingerprint density at radius 1 is 0.548 bits per heavy atom. The molecule has 3 heteroatoms. The fourth-order valence-corrected chi connectivity index (χ4v) is 4.95. The van der Waals surface area contributed by atoms with Crippen LogP contribution in [0.3, 0.4) is 0 Å². The average molecular weight is 441 g/mol. The zero-order chi connectivity index (χ0) is 23.0. The van der Waals surface area contributed by atoms with Crippen molar-refractivity contribution in [2.45, 2.75) is 162 Å². The van der Waals surface area contributed by atoms with E-state index in [9.17, 15) is 4.79 Å². The molecule has 31 heavy (non-hydrogen) atoms. The highest BCUT2D eigenvalue weighted by molar-refractivity contribution is 5.56. The third-order valence-electron chi connectivity index (χ3n) is 7.04. The highest BCUT2D eigenvalue weighted by Gasteiger charge is 2.29. The summed E-state index contributed by atoms with van der Waals surface area (Å²) in [4.78, 5) is 10.9. The van der Waals surface area contributed by atoms with Crippen LogP contribution >= 0.6 is 0 Å². The summed E-state index contributed by atoms with van der Waals surface area (Å²) in [5.41, 5.74) is 0.287. The van der Waals surface area contributed by atoms with Gasteiger partial charge in [0.2, 0.25) is 0 Å². The minimum atomic E-state index is -1.12. The molecule has 0 radical (unpaired) electrons. The molecule has 0 atom stereocenters. The van der Waals surface area contributed by atoms with Gasteiger partial charge in [0.1, 0.15) is 0 Å². The lowest BCUT2D eigenvalue weighted by Crippen LogP contribution is -2.24. The first-order chi connectivity index (χ1) is 15.1. The van der Waals surface area contributed by atoms with Gasteiger partial charge in [0, 0.05) is 0 Å². The highest BCUT2D eigenvalue weighted by atomic mass is 16.7. The lowest BCUT2D eigenvalue weighted by atomic mass is 9.71. The molecular formula is C28H56O3. The first-order valence-electron chi connectivity index (χ1n) is 14.0. The summed E-state index contributed by atoms with van der Waals surface area (Å²) in [6.07, 6.45) is 27.5. The van der Waals surface area contributed by atoms with E-state index in [-0.39, 0.29) is 5.41 Å². The Kier molecular flexibility index (Phi) is 21.9. The molecule has 0 aromatic heterocycles. The molecule has 0 amide bonds. The minimum absolute atomic E-state index is 0.287. The van der Waals surface area contributed by atoms with Gasteiger partial charge in [-0.1, -0.05) is 136 Å². The Morgan fingerprint density at radius 3 is 1.19 bits per heavy atom. The molecule has 0 bridgehead atoms. The van der Waals surface area contributed by atoms with Crippen molar-refractivity contribution in [2.75, 3.05) is 6.61 Å². The van der Waals surface area contributed by atoms with E-state index < -0.39 is 6.16 Å². The first kappa shape index (κ1) is 30.3.